The number of hydrogen-bond donors (Lipinski definition) is 2. The molecule has 0 spiro atoms. The molecule has 0 saturated carbocycles. The second kappa shape index (κ2) is 6.43. The zero-order chi connectivity index (χ0) is 15.4. The van der Waals surface area contributed by atoms with E-state index in [9.17, 15) is 8.42 Å². The summed E-state index contributed by atoms with van der Waals surface area (Å²) in [7, 11) is -2.23. The summed E-state index contributed by atoms with van der Waals surface area (Å²) in [5.41, 5.74) is 5.30. The predicted molar refractivity (Wildman–Crippen MR) is 78.3 cm³/mol. The molecule has 20 heavy (non-hydrogen) atoms. The lowest BCUT2D eigenvalue weighted by molar-refractivity contribution is 0.141. The number of anilines is 1. The molecule has 0 aliphatic rings. The van der Waals surface area contributed by atoms with Gasteiger partial charge >= 0.3 is 0 Å². The van der Waals surface area contributed by atoms with Crippen LogP contribution in [0.1, 0.15) is 20.8 Å². The highest BCUT2D eigenvalue weighted by atomic mass is 32.2. The van der Waals surface area contributed by atoms with E-state index >= 15 is 0 Å². The Hall–Kier alpha value is -1.31. The summed E-state index contributed by atoms with van der Waals surface area (Å²) in [6, 6.07) is 4.54. The minimum absolute atomic E-state index is 0.0310. The molecular formula is C13H22N2O4S. The molecule has 1 aromatic carbocycles. The Balaban J connectivity index is 3.17. The SMILES string of the molecule is CCOc1ccc(N)cc1S(=O)(=O)NC(C)(C)COC. The lowest BCUT2D eigenvalue weighted by atomic mass is 10.1. The van der Waals surface area contributed by atoms with Crippen LogP contribution in [0, 0.1) is 0 Å². The Morgan fingerprint density at radius 1 is 1.35 bits per heavy atom. The van der Waals surface area contributed by atoms with Crippen molar-refractivity contribution in [3.05, 3.63) is 18.2 Å². The second-order valence-corrected chi connectivity index (χ2v) is 6.71. The molecule has 0 bridgehead atoms. The normalized spacial score (nSPS) is 12.4. The number of benzene rings is 1. The third-order valence-corrected chi connectivity index (χ3v) is 4.19. The molecule has 0 amide bonds. The maximum atomic E-state index is 12.5. The molecule has 0 fully saturated rings. The molecule has 114 valence electrons. The topological polar surface area (TPSA) is 90.7 Å². The fourth-order valence-corrected chi connectivity index (χ4v) is 3.40. The largest absolute Gasteiger partial charge is 0.492 e. The van der Waals surface area contributed by atoms with Crippen molar-refractivity contribution in [3.63, 3.8) is 0 Å². The Morgan fingerprint density at radius 3 is 2.55 bits per heavy atom. The van der Waals surface area contributed by atoms with Crippen LogP contribution < -0.4 is 15.2 Å². The minimum Gasteiger partial charge on any atom is -0.492 e. The molecule has 0 aliphatic carbocycles. The highest BCUT2D eigenvalue weighted by Gasteiger charge is 2.28. The van der Waals surface area contributed by atoms with Crippen molar-refractivity contribution in [1.82, 2.24) is 4.72 Å². The molecule has 7 heteroatoms. The zero-order valence-electron chi connectivity index (χ0n) is 12.3. The van der Waals surface area contributed by atoms with Gasteiger partial charge in [0.25, 0.3) is 0 Å². The summed E-state index contributed by atoms with van der Waals surface area (Å²) in [6.45, 7) is 5.88. The van der Waals surface area contributed by atoms with Crippen LogP contribution in [0.2, 0.25) is 0 Å². The van der Waals surface area contributed by atoms with Gasteiger partial charge in [-0.2, -0.15) is 0 Å². The van der Waals surface area contributed by atoms with Crippen molar-refractivity contribution in [2.75, 3.05) is 26.1 Å². The maximum absolute atomic E-state index is 12.5. The van der Waals surface area contributed by atoms with Gasteiger partial charge in [0.15, 0.2) is 0 Å². The van der Waals surface area contributed by atoms with E-state index in [1.54, 1.807) is 32.9 Å². The summed E-state index contributed by atoms with van der Waals surface area (Å²) >= 11 is 0. The summed E-state index contributed by atoms with van der Waals surface area (Å²) in [4.78, 5) is 0.0310. The summed E-state index contributed by atoms with van der Waals surface area (Å²) in [6.07, 6.45) is 0. The van der Waals surface area contributed by atoms with Crippen molar-refractivity contribution in [1.29, 1.82) is 0 Å². The molecule has 1 rings (SSSR count). The van der Waals surface area contributed by atoms with E-state index in [1.165, 1.54) is 13.2 Å². The van der Waals surface area contributed by atoms with E-state index in [0.717, 1.165) is 0 Å². The molecule has 0 atom stereocenters. The third kappa shape index (κ3) is 4.36. The van der Waals surface area contributed by atoms with E-state index < -0.39 is 15.6 Å². The smallest absolute Gasteiger partial charge is 0.244 e. The van der Waals surface area contributed by atoms with Crippen molar-refractivity contribution in [2.24, 2.45) is 0 Å². The van der Waals surface area contributed by atoms with Crippen LogP contribution in [0.4, 0.5) is 5.69 Å². The number of hydrogen-bond acceptors (Lipinski definition) is 5. The summed E-state index contributed by atoms with van der Waals surface area (Å²) in [5, 5.41) is 0. The van der Waals surface area contributed by atoms with Gasteiger partial charge in [0, 0.05) is 12.8 Å². The predicted octanol–water partition coefficient (Wildman–Crippen LogP) is 1.37. The third-order valence-electron chi connectivity index (χ3n) is 2.47. The van der Waals surface area contributed by atoms with Gasteiger partial charge in [0.1, 0.15) is 10.6 Å². The molecule has 0 heterocycles. The van der Waals surface area contributed by atoms with Crippen LogP contribution in [0.5, 0.6) is 5.75 Å². The maximum Gasteiger partial charge on any atom is 0.244 e. The first-order valence-electron chi connectivity index (χ1n) is 6.27. The Kier molecular flexibility index (Phi) is 5.38. The lowest BCUT2D eigenvalue weighted by Crippen LogP contribution is -2.46. The Bertz CT molecular complexity index is 555. The fourth-order valence-electron chi connectivity index (χ4n) is 1.82. The molecule has 0 unspecified atom stereocenters. The highest BCUT2D eigenvalue weighted by molar-refractivity contribution is 7.89. The van der Waals surface area contributed by atoms with Crippen molar-refractivity contribution in [3.8, 4) is 5.75 Å². The monoisotopic (exact) mass is 302 g/mol. The summed E-state index contributed by atoms with van der Waals surface area (Å²) < 4.78 is 37.9. The number of sulfonamides is 1. The Morgan fingerprint density at radius 2 is 2.00 bits per heavy atom. The average Bonchev–Trinajstić information content (AvgIpc) is 2.30. The fraction of sp³-hybridized carbons (Fsp3) is 0.538. The van der Waals surface area contributed by atoms with Crippen LogP contribution in [0.3, 0.4) is 0 Å². The van der Waals surface area contributed by atoms with Crippen LogP contribution in [-0.2, 0) is 14.8 Å². The average molecular weight is 302 g/mol. The van der Waals surface area contributed by atoms with Gasteiger partial charge in [-0.25, -0.2) is 13.1 Å². The number of nitrogens with two attached hydrogens (primary N) is 1. The van der Waals surface area contributed by atoms with Crippen LogP contribution in [0.15, 0.2) is 23.1 Å². The van der Waals surface area contributed by atoms with Crippen LogP contribution in [-0.4, -0.2) is 34.3 Å². The number of nitrogens with one attached hydrogen (secondary N) is 1. The molecule has 0 aromatic heterocycles. The van der Waals surface area contributed by atoms with Gasteiger partial charge in [-0.15, -0.1) is 0 Å². The Labute approximate surface area is 120 Å². The lowest BCUT2D eigenvalue weighted by Gasteiger charge is -2.25. The first-order chi connectivity index (χ1) is 9.22. The van der Waals surface area contributed by atoms with Gasteiger partial charge in [-0.05, 0) is 39.0 Å². The van der Waals surface area contributed by atoms with E-state index in [0.29, 0.717) is 12.3 Å². The van der Waals surface area contributed by atoms with Gasteiger partial charge in [-0.1, -0.05) is 0 Å². The summed E-state index contributed by atoms with van der Waals surface area (Å²) in [5.74, 6) is 0.280. The molecule has 1 aromatic rings. The van der Waals surface area contributed by atoms with Crippen LogP contribution in [0.25, 0.3) is 0 Å². The molecule has 3 N–H and O–H groups in total. The van der Waals surface area contributed by atoms with E-state index in [4.69, 9.17) is 15.2 Å². The zero-order valence-corrected chi connectivity index (χ0v) is 13.1. The first-order valence-corrected chi connectivity index (χ1v) is 7.75. The number of ether oxygens (including phenoxy) is 2. The first kappa shape index (κ1) is 16.7. The molecule has 0 saturated heterocycles. The van der Waals surface area contributed by atoms with Gasteiger partial charge in [0.2, 0.25) is 10.0 Å². The van der Waals surface area contributed by atoms with Crippen molar-refractivity contribution >= 4 is 15.7 Å². The van der Waals surface area contributed by atoms with Gasteiger partial charge in [-0.3, -0.25) is 0 Å². The van der Waals surface area contributed by atoms with E-state index in [-0.39, 0.29) is 17.3 Å². The van der Waals surface area contributed by atoms with Crippen LogP contribution >= 0.6 is 0 Å². The quantitative estimate of drug-likeness (QED) is 0.742. The molecule has 0 radical (unpaired) electrons. The second-order valence-electron chi connectivity index (χ2n) is 5.06. The number of nitrogen functional groups attached to an aromatic ring is 1. The standard InChI is InChI=1S/C13H22N2O4S/c1-5-19-11-7-6-10(14)8-12(11)20(16,17)15-13(2,3)9-18-4/h6-8,15H,5,9,14H2,1-4H3. The van der Waals surface area contributed by atoms with Gasteiger partial charge in [0.05, 0.1) is 18.8 Å². The molecule has 0 aliphatic heterocycles. The highest BCUT2D eigenvalue weighted by Crippen LogP contribution is 2.27. The van der Waals surface area contributed by atoms with Gasteiger partial charge < -0.3 is 15.2 Å². The molecule has 6 nitrogen and oxygen atoms in total. The molecular weight excluding hydrogens is 280 g/mol. The minimum atomic E-state index is -3.75. The number of rotatable bonds is 7. The van der Waals surface area contributed by atoms with E-state index in [2.05, 4.69) is 4.72 Å². The number of methoxy groups -OCH3 is 1. The van der Waals surface area contributed by atoms with Crippen molar-refractivity contribution in [2.45, 2.75) is 31.2 Å². The van der Waals surface area contributed by atoms with Crippen molar-refractivity contribution < 1.29 is 17.9 Å². The van der Waals surface area contributed by atoms with E-state index in [1.807, 2.05) is 0 Å².